The Labute approximate surface area is 94.4 Å². The maximum Gasteiger partial charge on any atom is 3.00 e. The zero-order valence-electron chi connectivity index (χ0n) is 7.41. The molecule has 1 aliphatic heterocycles. The van der Waals surface area contributed by atoms with E-state index in [0.29, 0.717) is 6.04 Å². The molecule has 0 aromatic heterocycles. The van der Waals surface area contributed by atoms with Gasteiger partial charge in [0.1, 0.15) is 0 Å². The summed E-state index contributed by atoms with van der Waals surface area (Å²) >= 11 is 0. The van der Waals surface area contributed by atoms with Crippen molar-refractivity contribution < 1.29 is 32.7 Å². The van der Waals surface area contributed by atoms with Crippen LogP contribution in [0, 0.1) is 6.04 Å². The minimum absolute atomic E-state index is 0. The van der Waals surface area contributed by atoms with Crippen LogP contribution in [0.3, 0.4) is 0 Å². The average molecular weight is 225 g/mol. The molecule has 0 saturated heterocycles. The van der Waals surface area contributed by atoms with Crippen LogP contribution >= 0.6 is 0 Å². The van der Waals surface area contributed by atoms with Gasteiger partial charge >= 0.3 is 32.7 Å². The number of allylic oxidation sites excluding steroid dienone is 2. The van der Waals surface area contributed by atoms with E-state index in [2.05, 4.69) is 50.1 Å². The first-order valence-corrected chi connectivity index (χ1v) is 3.68. The topological polar surface area (TPSA) is 3.24 Å². The fourth-order valence-electron chi connectivity index (χ4n) is 1.12. The molecule has 0 atom stereocenters. The molecule has 1 nitrogen and oxygen atoms in total. The molecule has 11 heavy (non-hydrogen) atoms. The largest absolute Gasteiger partial charge is 3.00 e. The fourth-order valence-corrected chi connectivity index (χ4v) is 1.12. The Balaban J connectivity index is 0.000001000. The average Bonchev–Trinajstić information content (AvgIpc) is 1.88. The molecule has 0 aromatic carbocycles. The molecule has 0 amide bonds. The van der Waals surface area contributed by atoms with Gasteiger partial charge in [-0.3, -0.25) is 0 Å². The van der Waals surface area contributed by atoms with Crippen molar-refractivity contribution in [1.82, 2.24) is 4.90 Å². The summed E-state index contributed by atoms with van der Waals surface area (Å²) in [4.78, 5) is 2.25. The van der Waals surface area contributed by atoms with Crippen molar-refractivity contribution in [2.45, 2.75) is 26.8 Å². The maximum atomic E-state index is 2.25. The first kappa shape index (κ1) is 11.3. The van der Waals surface area contributed by atoms with Crippen molar-refractivity contribution in [2.24, 2.45) is 0 Å². The minimum Gasteiger partial charge on any atom is -0.429 e. The second-order valence-electron chi connectivity index (χ2n) is 2.84. The summed E-state index contributed by atoms with van der Waals surface area (Å²) in [5.41, 5.74) is 0. The van der Waals surface area contributed by atoms with E-state index in [0.717, 1.165) is 0 Å². The third-order valence-corrected chi connectivity index (χ3v) is 1.66. The summed E-state index contributed by atoms with van der Waals surface area (Å²) in [5, 5.41) is 0. The van der Waals surface area contributed by atoms with Crippen LogP contribution in [0.5, 0.6) is 0 Å². The SMILES string of the molecule is C[C-]1C=CC=CN1C(C)C.[Y+3]. The van der Waals surface area contributed by atoms with E-state index < -0.39 is 0 Å². The molecule has 0 unspecified atom stereocenters. The van der Waals surface area contributed by atoms with E-state index >= 15 is 0 Å². The Bertz CT molecular complexity index is 161. The molecule has 0 bridgehead atoms. The van der Waals surface area contributed by atoms with Crippen molar-refractivity contribution >= 4 is 0 Å². The number of rotatable bonds is 1. The van der Waals surface area contributed by atoms with Crippen LogP contribution in [0.2, 0.25) is 0 Å². The predicted molar refractivity (Wildman–Crippen MR) is 44.2 cm³/mol. The first-order valence-electron chi connectivity index (χ1n) is 3.68. The van der Waals surface area contributed by atoms with Crippen molar-refractivity contribution in [1.29, 1.82) is 0 Å². The third-order valence-electron chi connectivity index (χ3n) is 1.66. The van der Waals surface area contributed by atoms with E-state index in [4.69, 9.17) is 0 Å². The van der Waals surface area contributed by atoms with E-state index in [1.807, 2.05) is 0 Å². The molecule has 0 aliphatic carbocycles. The standard InChI is InChI=1S/C9H14N.Y/c1-8(2)10-7-5-4-6-9(10)3;/h4-8H,1-3H3;/q-1;+3. The summed E-state index contributed by atoms with van der Waals surface area (Å²) in [5.74, 6) is 0. The summed E-state index contributed by atoms with van der Waals surface area (Å²) in [6.45, 7) is 6.50. The minimum atomic E-state index is 0. The maximum absolute atomic E-state index is 2.25. The van der Waals surface area contributed by atoms with Gasteiger partial charge in [0.2, 0.25) is 0 Å². The zero-order chi connectivity index (χ0) is 7.56. The summed E-state index contributed by atoms with van der Waals surface area (Å²) in [6.07, 6.45) is 8.36. The van der Waals surface area contributed by atoms with Crippen LogP contribution in [-0.2, 0) is 32.7 Å². The Morgan fingerprint density at radius 3 is 2.27 bits per heavy atom. The third kappa shape index (κ3) is 3.00. The van der Waals surface area contributed by atoms with Gasteiger partial charge in [-0.15, -0.1) is 12.1 Å². The normalized spacial score (nSPS) is 15.6. The van der Waals surface area contributed by atoms with Crippen LogP contribution in [0.1, 0.15) is 20.8 Å². The van der Waals surface area contributed by atoms with Gasteiger partial charge < -0.3 is 4.90 Å². The van der Waals surface area contributed by atoms with E-state index in [1.165, 1.54) is 6.04 Å². The van der Waals surface area contributed by atoms with Gasteiger partial charge in [0.25, 0.3) is 0 Å². The fraction of sp³-hybridized carbons (Fsp3) is 0.444. The predicted octanol–water partition coefficient (Wildman–Crippen LogP) is 2.33. The first-order chi connectivity index (χ1) is 4.72. The molecule has 0 aromatic rings. The van der Waals surface area contributed by atoms with Crippen molar-refractivity contribution in [3.8, 4) is 0 Å². The molecule has 1 rings (SSSR count). The molecule has 0 spiro atoms. The van der Waals surface area contributed by atoms with Crippen molar-refractivity contribution in [2.75, 3.05) is 0 Å². The smallest absolute Gasteiger partial charge is 0.429 e. The number of nitrogens with zero attached hydrogens (tertiary/aromatic N) is 1. The van der Waals surface area contributed by atoms with E-state index in [9.17, 15) is 0 Å². The summed E-state index contributed by atoms with van der Waals surface area (Å²) < 4.78 is 0. The molecule has 1 aliphatic rings. The van der Waals surface area contributed by atoms with Crippen LogP contribution < -0.4 is 0 Å². The van der Waals surface area contributed by atoms with Crippen molar-refractivity contribution in [3.05, 3.63) is 30.5 Å². The summed E-state index contributed by atoms with van der Waals surface area (Å²) in [6, 6.07) is 1.89. The molecule has 0 N–H and O–H groups in total. The Morgan fingerprint density at radius 1 is 1.27 bits per heavy atom. The molecule has 56 valence electrons. The summed E-state index contributed by atoms with van der Waals surface area (Å²) in [7, 11) is 0. The Kier molecular flexibility index (Phi) is 5.11. The van der Waals surface area contributed by atoms with Gasteiger partial charge in [0, 0.05) is 6.04 Å². The van der Waals surface area contributed by atoms with Crippen LogP contribution in [-0.4, -0.2) is 10.9 Å². The van der Waals surface area contributed by atoms with Gasteiger partial charge in [-0.05, 0) is 20.0 Å². The molecule has 1 heterocycles. The Hall–Kier alpha value is 0.254. The zero-order valence-corrected chi connectivity index (χ0v) is 10.2. The van der Waals surface area contributed by atoms with Crippen LogP contribution in [0.15, 0.2) is 24.4 Å². The van der Waals surface area contributed by atoms with Gasteiger partial charge in [-0.2, -0.15) is 0 Å². The van der Waals surface area contributed by atoms with Gasteiger partial charge in [0.05, 0.1) is 0 Å². The molecule has 2 heteroatoms. The molecular formula is C9H14NY+2. The van der Waals surface area contributed by atoms with Gasteiger partial charge in [-0.1, -0.05) is 6.92 Å². The van der Waals surface area contributed by atoms with Crippen molar-refractivity contribution in [3.63, 3.8) is 0 Å². The quantitative estimate of drug-likeness (QED) is 0.619. The number of hydrogen-bond acceptors (Lipinski definition) is 1. The van der Waals surface area contributed by atoms with E-state index in [1.54, 1.807) is 0 Å². The molecule has 0 fully saturated rings. The Morgan fingerprint density at radius 2 is 1.91 bits per heavy atom. The number of hydrogen-bond donors (Lipinski definition) is 0. The van der Waals surface area contributed by atoms with Gasteiger partial charge in [0.15, 0.2) is 0 Å². The van der Waals surface area contributed by atoms with Crippen LogP contribution in [0.4, 0.5) is 0 Å². The second-order valence-corrected chi connectivity index (χ2v) is 2.84. The molecule has 0 radical (unpaired) electrons. The van der Waals surface area contributed by atoms with E-state index in [-0.39, 0.29) is 32.7 Å². The van der Waals surface area contributed by atoms with Gasteiger partial charge in [-0.25, -0.2) is 12.2 Å². The molecular weight excluding hydrogens is 211 g/mol. The second kappa shape index (κ2) is 5.00. The van der Waals surface area contributed by atoms with Crippen LogP contribution in [0.25, 0.3) is 0 Å². The monoisotopic (exact) mass is 225 g/mol. The molecule has 0 saturated carbocycles.